The number of hydrogen-bond acceptors (Lipinski definition) is 6. The van der Waals surface area contributed by atoms with Crippen molar-refractivity contribution in [2.75, 3.05) is 30.3 Å². The molecule has 1 amide bonds. The molecule has 1 fully saturated rings. The van der Waals surface area contributed by atoms with Gasteiger partial charge in [-0.15, -0.1) is 0 Å². The quantitative estimate of drug-likeness (QED) is 0.421. The molecular formula is C22H25F3N6O2. The van der Waals surface area contributed by atoms with Crippen LogP contribution in [-0.4, -0.2) is 46.8 Å². The second kappa shape index (κ2) is 9.65. The molecule has 1 aromatic carbocycles. The molecule has 3 aromatic rings. The zero-order valence-electron chi connectivity index (χ0n) is 18.1. The predicted octanol–water partition coefficient (Wildman–Crippen LogP) is 4.77. The Morgan fingerprint density at radius 3 is 2.91 bits per heavy atom. The maximum absolute atomic E-state index is 13.8. The van der Waals surface area contributed by atoms with E-state index in [-0.39, 0.29) is 29.9 Å². The molecule has 176 valence electrons. The van der Waals surface area contributed by atoms with E-state index in [1.807, 2.05) is 6.92 Å². The molecule has 0 unspecified atom stereocenters. The second-order valence-corrected chi connectivity index (χ2v) is 7.83. The van der Waals surface area contributed by atoms with Crippen molar-refractivity contribution in [3.63, 3.8) is 0 Å². The number of carbonyl (C=O) groups excluding carboxylic acids is 1. The van der Waals surface area contributed by atoms with Gasteiger partial charge in [-0.1, -0.05) is 19.1 Å². The molecule has 33 heavy (non-hydrogen) atoms. The van der Waals surface area contributed by atoms with E-state index in [9.17, 15) is 18.0 Å². The molecule has 3 heterocycles. The number of piperidine rings is 1. The van der Waals surface area contributed by atoms with E-state index >= 15 is 0 Å². The normalized spacial score (nSPS) is 16.5. The lowest BCUT2D eigenvalue weighted by Crippen LogP contribution is -2.38. The number of rotatable bonds is 6. The number of carbonyl (C=O) groups is 1. The number of nitrogens with one attached hydrogen (secondary N) is 4. The molecule has 0 radical (unpaired) electrons. The van der Waals surface area contributed by atoms with E-state index in [4.69, 9.17) is 4.74 Å². The largest absolute Gasteiger partial charge is 0.449 e. The van der Waals surface area contributed by atoms with Crippen LogP contribution in [-0.2, 0) is 10.9 Å². The van der Waals surface area contributed by atoms with Crippen LogP contribution in [0, 0.1) is 0 Å². The van der Waals surface area contributed by atoms with E-state index in [1.165, 1.54) is 6.20 Å². The van der Waals surface area contributed by atoms with Crippen molar-refractivity contribution in [3.8, 4) is 11.3 Å². The molecular weight excluding hydrogens is 437 g/mol. The minimum Gasteiger partial charge on any atom is -0.449 e. The number of alkyl halides is 3. The van der Waals surface area contributed by atoms with Crippen LogP contribution in [0.15, 0.2) is 30.6 Å². The summed E-state index contributed by atoms with van der Waals surface area (Å²) >= 11 is 0. The van der Waals surface area contributed by atoms with Gasteiger partial charge in [-0.25, -0.2) is 14.8 Å². The van der Waals surface area contributed by atoms with E-state index in [2.05, 4.69) is 30.9 Å². The van der Waals surface area contributed by atoms with Crippen LogP contribution in [0.25, 0.3) is 22.2 Å². The van der Waals surface area contributed by atoms with Gasteiger partial charge < -0.3 is 20.4 Å². The van der Waals surface area contributed by atoms with Crippen molar-refractivity contribution in [1.29, 1.82) is 0 Å². The third kappa shape index (κ3) is 5.19. The van der Waals surface area contributed by atoms with Crippen LogP contribution in [0.1, 0.15) is 31.7 Å². The summed E-state index contributed by atoms with van der Waals surface area (Å²) in [7, 11) is 0. The number of anilines is 2. The first kappa shape index (κ1) is 22.8. The minimum absolute atomic E-state index is 0.0382. The molecule has 1 atom stereocenters. The van der Waals surface area contributed by atoms with Crippen molar-refractivity contribution in [3.05, 3.63) is 36.2 Å². The number of halogens is 3. The standard InChI is InChI=1S/C22H25F3N6O2/c1-2-9-33-21(32)30-17-7-3-6-14-15(11-27-19(14)17)18-16(22(23,24)25)12-28-20(31-18)29-13-5-4-8-26-10-13/h3,6-7,11-13,26-27H,2,4-5,8-10H2,1H3,(H,30,32)(H,28,29,31)/t13-/m0/s1. The molecule has 2 aromatic heterocycles. The average Bonchev–Trinajstić information content (AvgIpc) is 3.23. The first-order valence-electron chi connectivity index (χ1n) is 10.8. The number of benzene rings is 1. The summed E-state index contributed by atoms with van der Waals surface area (Å²) in [6, 6.07) is 5.00. The zero-order chi connectivity index (χ0) is 23.4. The summed E-state index contributed by atoms with van der Waals surface area (Å²) < 4.78 is 46.5. The fourth-order valence-corrected chi connectivity index (χ4v) is 3.82. The van der Waals surface area contributed by atoms with E-state index in [0.29, 0.717) is 29.6 Å². The molecule has 0 spiro atoms. The highest BCUT2D eigenvalue weighted by molar-refractivity contribution is 6.04. The Labute approximate surface area is 188 Å². The zero-order valence-corrected chi connectivity index (χ0v) is 18.1. The van der Waals surface area contributed by atoms with Crippen molar-refractivity contribution >= 4 is 28.6 Å². The molecule has 4 N–H and O–H groups in total. The highest BCUT2D eigenvalue weighted by atomic mass is 19.4. The molecule has 1 aliphatic heterocycles. The third-order valence-corrected chi connectivity index (χ3v) is 5.37. The number of ether oxygens (including phenoxy) is 1. The summed E-state index contributed by atoms with van der Waals surface area (Å²) in [5.41, 5.74) is -0.0416. The topological polar surface area (TPSA) is 104 Å². The molecule has 0 saturated carbocycles. The number of fused-ring (bicyclic) bond motifs is 1. The van der Waals surface area contributed by atoms with Crippen molar-refractivity contribution in [2.45, 2.75) is 38.4 Å². The van der Waals surface area contributed by atoms with Gasteiger partial charge in [-0.3, -0.25) is 5.32 Å². The Bertz CT molecular complexity index is 1130. The second-order valence-electron chi connectivity index (χ2n) is 7.83. The van der Waals surface area contributed by atoms with Crippen molar-refractivity contribution < 1.29 is 22.7 Å². The number of aromatic amines is 1. The van der Waals surface area contributed by atoms with E-state index < -0.39 is 17.8 Å². The predicted molar refractivity (Wildman–Crippen MR) is 119 cm³/mol. The number of hydrogen-bond donors (Lipinski definition) is 4. The van der Waals surface area contributed by atoms with Crippen LogP contribution >= 0.6 is 0 Å². The van der Waals surface area contributed by atoms with Gasteiger partial charge in [-0.05, 0) is 31.9 Å². The van der Waals surface area contributed by atoms with Crippen LogP contribution in [0.4, 0.5) is 29.6 Å². The van der Waals surface area contributed by atoms with Crippen LogP contribution in [0.2, 0.25) is 0 Å². The maximum atomic E-state index is 13.8. The lowest BCUT2D eigenvalue weighted by molar-refractivity contribution is -0.137. The Balaban J connectivity index is 1.72. The number of amides is 1. The van der Waals surface area contributed by atoms with Crippen molar-refractivity contribution in [2.24, 2.45) is 0 Å². The first-order valence-corrected chi connectivity index (χ1v) is 10.8. The van der Waals surface area contributed by atoms with Gasteiger partial charge in [-0.2, -0.15) is 13.2 Å². The minimum atomic E-state index is -4.64. The van der Waals surface area contributed by atoms with Crippen LogP contribution < -0.4 is 16.0 Å². The summed E-state index contributed by atoms with van der Waals surface area (Å²) in [6.45, 7) is 3.74. The van der Waals surface area contributed by atoms with Gasteiger partial charge in [0.15, 0.2) is 0 Å². The SMILES string of the molecule is CCCOC(=O)Nc1cccc2c(-c3nc(N[C@H]4CCCNC4)ncc3C(F)(F)F)c[nH]c12. The fraction of sp³-hybridized carbons (Fsp3) is 0.409. The van der Waals surface area contributed by atoms with E-state index in [0.717, 1.165) is 25.6 Å². The number of aromatic nitrogens is 3. The molecule has 0 aliphatic carbocycles. The summed E-state index contributed by atoms with van der Waals surface area (Å²) in [5, 5.41) is 9.49. The molecule has 4 rings (SSSR count). The molecule has 1 saturated heterocycles. The number of nitrogens with zero attached hydrogens (tertiary/aromatic N) is 2. The van der Waals surface area contributed by atoms with E-state index in [1.54, 1.807) is 18.2 Å². The smallest absolute Gasteiger partial charge is 0.419 e. The van der Waals surface area contributed by atoms with Crippen molar-refractivity contribution in [1.82, 2.24) is 20.3 Å². The van der Waals surface area contributed by atoms with Gasteiger partial charge >= 0.3 is 12.3 Å². The monoisotopic (exact) mass is 462 g/mol. The Kier molecular flexibility index (Phi) is 6.68. The van der Waals surface area contributed by atoms with Gasteiger partial charge in [0.25, 0.3) is 0 Å². The highest BCUT2D eigenvalue weighted by Crippen LogP contribution is 2.39. The Hall–Kier alpha value is -3.34. The molecule has 1 aliphatic rings. The van der Waals surface area contributed by atoms with Crippen LogP contribution in [0.3, 0.4) is 0 Å². The molecule has 11 heteroatoms. The van der Waals surface area contributed by atoms with Gasteiger partial charge in [0.1, 0.15) is 5.56 Å². The Morgan fingerprint density at radius 2 is 2.18 bits per heavy atom. The Morgan fingerprint density at radius 1 is 1.33 bits per heavy atom. The molecule has 8 nitrogen and oxygen atoms in total. The summed E-state index contributed by atoms with van der Waals surface area (Å²) in [6.07, 6.45) is -0.491. The van der Waals surface area contributed by atoms with Gasteiger partial charge in [0, 0.05) is 35.9 Å². The van der Waals surface area contributed by atoms with Crippen LogP contribution in [0.5, 0.6) is 0 Å². The average molecular weight is 462 g/mol. The highest BCUT2D eigenvalue weighted by Gasteiger charge is 2.36. The molecule has 0 bridgehead atoms. The third-order valence-electron chi connectivity index (χ3n) is 5.37. The summed E-state index contributed by atoms with van der Waals surface area (Å²) in [5.74, 6) is 0.137. The maximum Gasteiger partial charge on any atom is 0.419 e. The summed E-state index contributed by atoms with van der Waals surface area (Å²) in [4.78, 5) is 23.1. The van der Waals surface area contributed by atoms with Gasteiger partial charge in [0.2, 0.25) is 5.95 Å². The number of para-hydroxylation sites is 1. The number of H-pyrrole nitrogens is 1. The van der Waals surface area contributed by atoms with Gasteiger partial charge in [0.05, 0.1) is 23.5 Å². The lowest BCUT2D eigenvalue weighted by atomic mass is 10.0. The first-order chi connectivity index (χ1) is 15.9. The lowest BCUT2D eigenvalue weighted by Gasteiger charge is -2.24. The fourth-order valence-electron chi connectivity index (χ4n) is 3.82.